The van der Waals surface area contributed by atoms with Gasteiger partial charge in [0.25, 0.3) is 0 Å². The molecular formula is C18H13BrF6S3. The lowest BCUT2D eigenvalue weighted by Gasteiger charge is -2.25. The highest BCUT2D eigenvalue weighted by Gasteiger charge is 2.79. The van der Waals surface area contributed by atoms with Gasteiger partial charge < -0.3 is 0 Å². The molecule has 1 heterocycles. The van der Waals surface area contributed by atoms with Crippen molar-refractivity contribution in [3.05, 3.63) is 73.3 Å². The Hall–Kier alpha value is -0.840. The molecule has 1 aromatic heterocycles. The fraction of sp³-hybridized carbons (Fsp3) is 0.222. The maximum atomic E-state index is 14.4. The largest absolute Gasteiger partial charge is 0.380 e. The van der Waals surface area contributed by atoms with Gasteiger partial charge in [0, 0.05) is 20.9 Å². The molecule has 0 atom stereocenters. The molecular weight excluding hydrogens is 506 g/mol. The highest BCUT2D eigenvalue weighted by molar-refractivity contribution is 9.11. The van der Waals surface area contributed by atoms with E-state index in [-0.39, 0.29) is 4.91 Å². The molecule has 0 spiro atoms. The van der Waals surface area contributed by atoms with Crippen LogP contribution in [-0.4, -0.2) is 17.8 Å². The van der Waals surface area contributed by atoms with E-state index in [1.165, 1.54) is 35.0 Å². The van der Waals surface area contributed by atoms with E-state index >= 15 is 0 Å². The maximum absolute atomic E-state index is 14.4. The summed E-state index contributed by atoms with van der Waals surface area (Å²) in [6.07, 6.45) is 6.21. The van der Waals surface area contributed by atoms with E-state index < -0.39 is 34.5 Å². The van der Waals surface area contributed by atoms with Gasteiger partial charge >= 0.3 is 17.8 Å². The van der Waals surface area contributed by atoms with Gasteiger partial charge in [0.2, 0.25) is 0 Å². The van der Waals surface area contributed by atoms with Crippen LogP contribution in [0.1, 0.15) is 11.8 Å². The Balaban J connectivity index is 2.67. The average molecular weight is 519 g/mol. The minimum atomic E-state index is -5.54. The molecule has 0 unspecified atom stereocenters. The summed E-state index contributed by atoms with van der Waals surface area (Å²) >= 11 is 12.5. The molecule has 0 nitrogen and oxygen atoms in total. The summed E-state index contributed by atoms with van der Waals surface area (Å²) in [5.74, 6) is -15.6. The van der Waals surface area contributed by atoms with Crippen molar-refractivity contribution in [3.63, 3.8) is 0 Å². The molecule has 0 aliphatic heterocycles. The van der Waals surface area contributed by atoms with Gasteiger partial charge in [-0.1, -0.05) is 24.3 Å². The van der Waals surface area contributed by atoms with Crippen molar-refractivity contribution in [1.29, 1.82) is 0 Å². The van der Waals surface area contributed by atoms with Crippen molar-refractivity contribution in [2.24, 2.45) is 0 Å². The number of alkyl halides is 6. The first kappa shape index (κ1) is 23.4. The molecule has 0 N–H and O–H groups in total. The van der Waals surface area contributed by atoms with Gasteiger partial charge in [-0.25, -0.2) is 0 Å². The summed E-state index contributed by atoms with van der Waals surface area (Å²) in [6.45, 7) is 0.586. The number of allylic oxidation sites excluding steroid dienone is 8. The standard InChI is InChI=1S/C18H13BrF6S3/c1-10-15(17(22,23)18(24,25)16(10,20)21)11(5-3-2-4-8-26)9-12(27)13-6-7-14(19)28-13/h2-9,26-27H,1H3/b3-2+,8-4-,11-5-,12-9-. The van der Waals surface area contributed by atoms with Crippen molar-refractivity contribution >= 4 is 57.4 Å². The first-order chi connectivity index (χ1) is 12.9. The minimum absolute atomic E-state index is 0.162. The van der Waals surface area contributed by atoms with Crippen LogP contribution in [-0.2, 0) is 0 Å². The van der Waals surface area contributed by atoms with Gasteiger partial charge in [-0.05, 0) is 52.0 Å². The Morgan fingerprint density at radius 3 is 2.14 bits per heavy atom. The molecule has 0 amide bonds. The van der Waals surface area contributed by atoms with Crippen LogP contribution in [0, 0.1) is 0 Å². The van der Waals surface area contributed by atoms with Crippen LogP contribution in [0.3, 0.4) is 0 Å². The zero-order valence-electron chi connectivity index (χ0n) is 14.1. The van der Waals surface area contributed by atoms with E-state index in [1.54, 1.807) is 12.1 Å². The van der Waals surface area contributed by atoms with Gasteiger partial charge in [-0.15, -0.1) is 24.0 Å². The normalized spacial score (nSPS) is 22.1. The van der Waals surface area contributed by atoms with E-state index in [0.717, 1.165) is 15.9 Å². The van der Waals surface area contributed by atoms with Gasteiger partial charge in [-0.2, -0.15) is 39.0 Å². The van der Waals surface area contributed by atoms with Crippen molar-refractivity contribution in [2.45, 2.75) is 24.7 Å². The van der Waals surface area contributed by atoms with Crippen molar-refractivity contribution < 1.29 is 26.3 Å². The Kier molecular flexibility index (Phi) is 7.11. The predicted molar refractivity (Wildman–Crippen MR) is 112 cm³/mol. The summed E-state index contributed by atoms with van der Waals surface area (Å²) in [6, 6.07) is 3.31. The Morgan fingerprint density at radius 1 is 1.04 bits per heavy atom. The third-order valence-electron chi connectivity index (χ3n) is 3.94. The highest BCUT2D eigenvalue weighted by atomic mass is 79.9. The van der Waals surface area contributed by atoms with E-state index in [9.17, 15) is 26.3 Å². The number of thiophene rings is 1. The Labute approximate surface area is 181 Å². The molecule has 1 aromatic rings. The van der Waals surface area contributed by atoms with Gasteiger partial charge in [-0.3, -0.25) is 0 Å². The second kappa shape index (κ2) is 8.49. The second-order valence-electron chi connectivity index (χ2n) is 5.70. The summed E-state index contributed by atoms with van der Waals surface area (Å²) in [5, 5.41) is 1.35. The van der Waals surface area contributed by atoms with Crippen LogP contribution < -0.4 is 0 Å². The van der Waals surface area contributed by atoms with Crippen LogP contribution in [0.5, 0.6) is 0 Å². The SMILES string of the molecule is CC1=C(C(=C\C=C\C=C/S)/C=C(\S)c2ccc(Br)s2)C(F)(F)C(F)(F)C1(F)F. The van der Waals surface area contributed by atoms with Crippen LogP contribution in [0.4, 0.5) is 26.3 Å². The third kappa shape index (κ3) is 4.06. The number of hydrogen-bond donors (Lipinski definition) is 2. The molecule has 10 heteroatoms. The zero-order chi connectivity index (χ0) is 21.3. The summed E-state index contributed by atoms with van der Waals surface area (Å²) in [7, 11) is 0. The predicted octanol–water partition coefficient (Wildman–Crippen LogP) is 7.94. The molecule has 1 aliphatic rings. The Morgan fingerprint density at radius 2 is 1.68 bits per heavy atom. The maximum Gasteiger partial charge on any atom is 0.380 e. The number of rotatable bonds is 5. The Bertz CT molecular complexity index is 906. The molecule has 0 fully saturated rings. The molecule has 0 radical (unpaired) electrons. The highest BCUT2D eigenvalue weighted by Crippen LogP contribution is 2.60. The summed E-state index contributed by atoms with van der Waals surface area (Å²) in [5.41, 5.74) is -3.28. The molecule has 0 bridgehead atoms. The van der Waals surface area contributed by atoms with E-state index in [1.807, 2.05) is 0 Å². The first-order valence-electron chi connectivity index (χ1n) is 7.57. The third-order valence-corrected chi connectivity index (χ3v) is 6.29. The van der Waals surface area contributed by atoms with Crippen molar-refractivity contribution in [2.75, 3.05) is 0 Å². The number of thiol groups is 2. The van der Waals surface area contributed by atoms with Crippen LogP contribution in [0.15, 0.2) is 68.4 Å². The van der Waals surface area contributed by atoms with Gasteiger partial charge in [0.05, 0.1) is 3.79 Å². The summed E-state index contributed by atoms with van der Waals surface area (Å²) < 4.78 is 85.0. The van der Waals surface area contributed by atoms with Gasteiger partial charge in [0.1, 0.15) is 0 Å². The lowest BCUT2D eigenvalue weighted by molar-refractivity contribution is -0.264. The lowest BCUT2D eigenvalue weighted by atomic mass is 9.98. The molecule has 1 aliphatic carbocycles. The van der Waals surface area contributed by atoms with Crippen LogP contribution in [0.2, 0.25) is 0 Å². The monoisotopic (exact) mass is 518 g/mol. The molecule has 0 aromatic carbocycles. The fourth-order valence-corrected chi connectivity index (χ4v) is 4.28. The molecule has 0 saturated carbocycles. The smallest absolute Gasteiger partial charge is 0.194 e. The lowest BCUT2D eigenvalue weighted by Crippen LogP contribution is -2.49. The topological polar surface area (TPSA) is 0 Å². The zero-order valence-corrected chi connectivity index (χ0v) is 18.3. The van der Waals surface area contributed by atoms with Crippen LogP contribution in [0.25, 0.3) is 4.91 Å². The molecule has 0 saturated heterocycles. The first-order valence-corrected chi connectivity index (χ1v) is 10.1. The average Bonchev–Trinajstić information content (AvgIpc) is 3.07. The molecule has 152 valence electrons. The molecule has 2 rings (SSSR count). The minimum Gasteiger partial charge on any atom is -0.194 e. The van der Waals surface area contributed by atoms with Crippen LogP contribution >= 0.6 is 52.5 Å². The van der Waals surface area contributed by atoms with Crippen molar-refractivity contribution in [3.8, 4) is 0 Å². The van der Waals surface area contributed by atoms with Gasteiger partial charge in [0.15, 0.2) is 0 Å². The van der Waals surface area contributed by atoms with E-state index in [0.29, 0.717) is 11.8 Å². The van der Waals surface area contributed by atoms with E-state index in [2.05, 4.69) is 41.2 Å². The van der Waals surface area contributed by atoms with E-state index in [4.69, 9.17) is 0 Å². The van der Waals surface area contributed by atoms with Crippen molar-refractivity contribution in [1.82, 2.24) is 0 Å². The number of halogens is 7. The number of hydrogen-bond acceptors (Lipinski definition) is 3. The second-order valence-corrected chi connectivity index (χ2v) is 8.95. The summed E-state index contributed by atoms with van der Waals surface area (Å²) in [4.78, 5) is 0.702. The molecule has 28 heavy (non-hydrogen) atoms. The quantitative estimate of drug-likeness (QED) is 0.220. The fourth-order valence-electron chi connectivity index (χ4n) is 2.53.